The van der Waals surface area contributed by atoms with Gasteiger partial charge in [-0.3, -0.25) is 29.1 Å². The molecule has 504 valence electrons. The van der Waals surface area contributed by atoms with Gasteiger partial charge < -0.3 is 59.8 Å². The zero-order chi connectivity index (χ0) is 89.7. The molecule has 0 bridgehead atoms. The lowest BCUT2D eigenvalue weighted by Crippen LogP contribution is -2.51. The Morgan fingerprint density at radius 2 is 0.700 bits per heavy atom. The van der Waals surface area contributed by atoms with Crippen LogP contribution in [0.25, 0.3) is 0 Å². The van der Waals surface area contributed by atoms with Crippen molar-refractivity contribution in [3.8, 4) is 34.5 Å². The van der Waals surface area contributed by atoms with Gasteiger partial charge in [-0.25, -0.2) is 0 Å². The second-order valence-electron chi connectivity index (χ2n) is 25.4. The molecule has 90 heavy (non-hydrogen) atoms. The van der Waals surface area contributed by atoms with E-state index in [1.54, 1.807) is 83.1 Å². The fourth-order valence-electron chi connectivity index (χ4n) is 10.9. The molecule has 0 amide bonds. The first-order valence-electron chi connectivity index (χ1n) is 44.4. The van der Waals surface area contributed by atoms with Crippen LogP contribution in [-0.4, -0.2) is 151 Å². The van der Waals surface area contributed by atoms with E-state index >= 15 is 0 Å². The SMILES string of the molecule is [2H]c1c2c(c([2H])c(OC)c1OC([2H])([2H])[2H])C1N(CC2)C([2H])([2H])C([2H])(CC(C)C)C(OC(=O)[C@@H](N)C(C)C)C1([2H])[2H].[2H]c1c2c(c([2H])c(OC)c1OC([2H])([2H])[2H])C1N(CC2)C([2H])([2H])C([2H])(CC(C)C)C(OC(=O)[C@@H](N)C(C)C)C1([2H])[2H].[2H]c1c2c(c([2H])c(OC)c1OC)C1N(CC2)C([2H])([2H])C([2H])(CC(C)C)C(OC(=O)[C@@H](N)C(C)C)C1([2H])[2H]. The van der Waals surface area contributed by atoms with Gasteiger partial charge in [-0.05, 0) is 144 Å². The number of methoxy groups -OCH3 is 6. The normalized spacial score (nSPS) is 35.4. The predicted octanol–water partition coefficient (Wildman–Crippen LogP) is 10.7. The van der Waals surface area contributed by atoms with E-state index in [1.165, 1.54) is 19.1 Å². The van der Waals surface area contributed by atoms with Gasteiger partial charge in [0.1, 0.15) is 36.4 Å². The number of hydrogen-bond acceptors (Lipinski definition) is 18. The summed E-state index contributed by atoms with van der Waals surface area (Å²) in [7, 11) is -0.961. The fourth-order valence-corrected chi connectivity index (χ4v) is 10.9. The van der Waals surface area contributed by atoms with Gasteiger partial charge in [0, 0.05) is 115 Å². The lowest BCUT2D eigenvalue weighted by atomic mass is 9.79. The molecule has 9 rings (SSSR count). The van der Waals surface area contributed by atoms with Crippen LogP contribution in [0.2, 0.25) is 0 Å². The van der Waals surface area contributed by atoms with Gasteiger partial charge in [-0.2, -0.15) is 0 Å². The third-order valence-electron chi connectivity index (χ3n) is 16.0. The minimum Gasteiger partial charge on any atom is -0.493 e. The Morgan fingerprint density at radius 3 is 0.922 bits per heavy atom. The summed E-state index contributed by atoms with van der Waals surface area (Å²) < 4.78 is 284. The van der Waals surface area contributed by atoms with E-state index in [4.69, 9.17) is 84.5 Å². The van der Waals surface area contributed by atoms with Crippen molar-refractivity contribution in [2.75, 3.05) is 81.6 Å². The summed E-state index contributed by atoms with van der Waals surface area (Å²) in [5.41, 5.74) is 18.4. The second kappa shape index (κ2) is 32.5. The lowest BCUT2D eigenvalue weighted by Gasteiger charge is -2.47. The highest BCUT2D eigenvalue weighted by Crippen LogP contribution is 2.48. The smallest absolute Gasteiger partial charge is 0.323 e. The van der Waals surface area contributed by atoms with Gasteiger partial charge >= 0.3 is 17.9 Å². The molecule has 3 saturated heterocycles. The Bertz CT molecular complexity index is 3980. The lowest BCUT2D eigenvalue weighted by molar-refractivity contribution is -0.161. The van der Waals surface area contributed by atoms with Crippen LogP contribution in [0.5, 0.6) is 34.5 Å². The van der Waals surface area contributed by atoms with Crippen LogP contribution >= 0.6 is 0 Å². The number of ether oxygens (including phenoxy) is 9. The first-order valence-corrected chi connectivity index (χ1v) is 30.9. The molecule has 9 unspecified atom stereocenters. The number of rotatable bonds is 21. The Balaban J connectivity index is 0.000000243. The molecule has 12 atom stereocenters. The minimum absolute atomic E-state index is 0.00409. The summed E-state index contributed by atoms with van der Waals surface area (Å²) in [5.74, 6) is -13.3. The van der Waals surface area contributed by atoms with Crippen molar-refractivity contribution in [2.24, 2.45) is 70.4 Å². The number of piperidine rings is 3. The number of carbonyl (C=O) groups is 3. The molecule has 0 radical (unpaired) electrons. The Labute approximate surface area is 577 Å². The highest BCUT2D eigenvalue weighted by Gasteiger charge is 2.45. The molecular formula is C72H114N6O12. The van der Waals surface area contributed by atoms with Crippen molar-refractivity contribution in [3.05, 3.63) is 69.6 Å². The molecule has 6 N–H and O–H groups in total. The molecule has 0 spiro atoms. The molecule has 18 nitrogen and oxygen atoms in total. The van der Waals surface area contributed by atoms with E-state index in [2.05, 4.69) is 0 Å². The first-order chi connectivity index (χ1) is 53.2. The summed E-state index contributed by atoms with van der Waals surface area (Å²) in [5, 5.41) is 0. The van der Waals surface area contributed by atoms with E-state index in [9.17, 15) is 26.7 Å². The maximum absolute atomic E-state index is 13.0. The van der Waals surface area contributed by atoms with Crippen LogP contribution in [0.3, 0.4) is 0 Å². The summed E-state index contributed by atoms with van der Waals surface area (Å²) in [6.07, 6.45) is -13.9. The second-order valence-corrected chi connectivity index (χ2v) is 25.4. The van der Waals surface area contributed by atoms with Crippen molar-refractivity contribution in [1.82, 2.24) is 14.7 Å². The molecule has 3 fully saturated rings. The van der Waals surface area contributed by atoms with Crippen LogP contribution in [0.1, 0.15) is 210 Å². The molecule has 6 heterocycles. The fraction of sp³-hybridized carbons (Fsp3) is 0.708. The number of benzene rings is 3. The first kappa shape index (κ1) is 42.8. The molecular weight excluding hydrogens is 1140 g/mol. The minimum atomic E-state index is -2.96. The highest BCUT2D eigenvalue weighted by molar-refractivity contribution is 5.77. The van der Waals surface area contributed by atoms with Gasteiger partial charge in [0.05, 0.1) is 59.0 Å². The standard InChI is InChI=1S/3C24H38N2O4/c3*1-14(2)9-17-13-26-8-7-16-10-21(28-5)22(29-6)11-18(16)19(26)12-20(17)30-24(27)23(25)15(3)4/h3*10-11,14-15,17,19-20,23H,7-9,12-13,25H2,1-6H3/t3*17?,19?,20?,23-/m000/s1/i2*5D3,10D,11D,12D2,13D2,17D;10D,11D,12D2,13D2,17D. The molecule has 0 aliphatic carbocycles. The highest BCUT2D eigenvalue weighted by atomic mass is 16.6. The molecule has 3 aromatic rings. The molecule has 0 aromatic heterocycles. The average molecular weight is 1280 g/mol. The zero-order valence-corrected chi connectivity index (χ0v) is 55.0. The van der Waals surface area contributed by atoms with Crippen LogP contribution < -0.4 is 45.6 Å². The summed E-state index contributed by atoms with van der Waals surface area (Å²) in [6.45, 7) is 12.8. The van der Waals surface area contributed by atoms with E-state index in [-0.39, 0.29) is 145 Å². The number of esters is 3. The van der Waals surface area contributed by atoms with Gasteiger partial charge in [0.25, 0.3) is 0 Å². The average Bonchev–Trinajstić information content (AvgIpc) is 0.694. The van der Waals surface area contributed by atoms with Crippen molar-refractivity contribution in [3.63, 3.8) is 0 Å². The zero-order valence-electron chi connectivity index (χ0n) is 82.0. The Morgan fingerprint density at radius 1 is 0.456 bits per heavy atom. The molecule has 0 saturated carbocycles. The van der Waals surface area contributed by atoms with Gasteiger partial charge in [0.2, 0.25) is 0 Å². The number of nitrogens with two attached hydrogens (primary N) is 3. The van der Waals surface area contributed by atoms with E-state index < -0.39 is 190 Å². The monoisotopic (exact) mass is 1280 g/mol. The van der Waals surface area contributed by atoms with Crippen molar-refractivity contribution >= 4 is 17.9 Å². The molecule has 18 heteroatoms. The molecule has 6 aliphatic rings. The van der Waals surface area contributed by atoms with Gasteiger partial charge in [0.15, 0.2) is 34.5 Å². The maximum atomic E-state index is 13.0. The number of hydrogen-bond donors (Lipinski definition) is 3. The van der Waals surface area contributed by atoms with Crippen LogP contribution in [0.4, 0.5) is 0 Å². The van der Waals surface area contributed by atoms with E-state index in [1.807, 2.05) is 0 Å². The topological polar surface area (TPSA) is 222 Å². The molecule has 6 aliphatic heterocycles. The summed E-state index contributed by atoms with van der Waals surface area (Å²) in [4.78, 5) is 42.6. The van der Waals surface area contributed by atoms with E-state index in [0.29, 0.717) is 5.56 Å². The number of nitrogens with zero attached hydrogens (tertiary/aromatic N) is 3. The number of fused-ring (bicyclic) bond motifs is 9. The van der Waals surface area contributed by atoms with Gasteiger partial charge in [-0.1, -0.05) is 83.1 Å². The predicted molar refractivity (Wildman–Crippen MR) is 353 cm³/mol. The quantitative estimate of drug-likeness (QED) is 0.0666. The van der Waals surface area contributed by atoms with Crippen molar-refractivity contribution in [1.29, 1.82) is 0 Å². The van der Waals surface area contributed by atoms with Crippen molar-refractivity contribution < 1.29 is 94.0 Å². The third kappa shape index (κ3) is 17.5. The largest absolute Gasteiger partial charge is 0.493 e. The number of carbonyl (C=O) groups excluding carboxylic acids is 3. The third-order valence-corrected chi connectivity index (χ3v) is 16.0. The van der Waals surface area contributed by atoms with Crippen molar-refractivity contribution in [2.45, 2.75) is 195 Å². The van der Waals surface area contributed by atoms with E-state index in [0.717, 1.165) is 24.0 Å². The summed E-state index contributed by atoms with van der Waals surface area (Å²) in [6, 6.07) is -10.1. The van der Waals surface area contributed by atoms with Crippen LogP contribution in [0.15, 0.2) is 36.3 Å². The molecule has 3 aromatic carbocycles. The Kier molecular flexibility index (Phi) is 15.4. The maximum Gasteiger partial charge on any atom is 0.323 e. The summed E-state index contributed by atoms with van der Waals surface area (Å²) >= 11 is 0. The van der Waals surface area contributed by atoms with Crippen LogP contribution in [0, 0.1) is 53.2 Å². The van der Waals surface area contributed by atoms with Crippen LogP contribution in [-0.2, 0) is 47.9 Å². The Hall–Kier alpha value is -5.37. The van der Waals surface area contributed by atoms with Gasteiger partial charge in [-0.15, -0.1) is 0 Å².